The van der Waals surface area contributed by atoms with E-state index in [1.54, 1.807) is 0 Å². The first-order chi connectivity index (χ1) is 9.00. The number of hydrogen-bond donors (Lipinski definition) is 1. The molecule has 0 saturated heterocycles. The molecule has 6 nitrogen and oxygen atoms in total. The van der Waals surface area contributed by atoms with E-state index in [2.05, 4.69) is 15.9 Å². The van der Waals surface area contributed by atoms with Crippen molar-refractivity contribution in [3.8, 4) is 5.75 Å². The summed E-state index contributed by atoms with van der Waals surface area (Å²) in [6.07, 6.45) is 1.32. The van der Waals surface area contributed by atoms with Gasteiger partial charge in [-0.25, -0.2) is 22.0 Å². The Morgan fingerprint density at radius 3 is 2.40 bits per heavy atom. The van der Waals surface area contributed by atoms with E-state index in [4.69, 9.17) is 21.5 Å². The third-order valence-electron chi connectivity index (χ3n) is 2.19. The zero-order chi connectivity index (χ0) is 15.6. The molecule has 0 aromatic heterocycles. The summed E-state index contributed by atoms with van der Waals surface area (Å²) in [5.41, 5.74) is 0. The van der Waals surface area contributed by atoms with Gasteiger partial charge in [0.15, 0.2) is 5.75 Å². The Kier molecular flexibility index (Phi) is 5.85. The van der Waals surface area contributed by atoms with Crippen molar-refractivity contribution in [1.82, 2.24) is 0 Å². The molecule has 1 rings (SSSR count). The van der Waals surface area contributed by atoms with E-state index in [1.165, 1.54) is 12.1 Å². The van der Waals surface area contributed by atoms with Gasteiger partial charge in [0, 0.05) is 10.7 Å². The lowest BCUT2D eigenvalue weighted by Crippen LogP contribution is -2.15. The van der Waals surface area contributed by atoms with Crippen LogP contribution < -0.4 is 9.88 Å². The molecule has 0 radical (unpaired) electrons. The quantitative estimate of drug-likeness (QED) is 0.722. The van der Waals surface area contributed by atoms with Gasteiger partial charge in [-0.15, -0.1) is 0 Å². The van der Waals surface area contributed by atoms with Crippen molar-refractivity contribution < 1.29 is 21.6 Å². The smallest absolute Gasteiger partial charge is 0.241 e. The highest BCUT2D eigenvalue weighted by atomic mass is 79.9. The van der Waals surface area contributed by atoms with Crippen molar-refractivity contribution in [2.75, 3.05) is 18.6 Å². The molecule has 114 valence electrons. The summed E-state index contributed by atoms with van der Waals surface area (Å²) in [4.78, 5) is -0.253. The second-order valence-corrected chi connectivity index (χ2v) is 9.20. The van der Waals surface area contributed by atoms with Crippen LogP contribution in [-0.2, 0) is 19.9 Å². The highest BCUT2D eigenvalue weighted by molar-refractivity contribution is 9.10. The molecule has 0 bridgehead atoms. The molecular formula is C10H13BrClNO5S2. The van der Waals surface area contributed by atoms with E-state index in [-0.39, 0.29) is 34.4 Å². The SMILES string of the molecule is CS(=O)(=O)CCCOc1c(Cl)cc(Br)cc1S(N)(=O)=O. The Morgan fingerprint density at radius 2 is 1.90 bits per heavy atom. The molecule has 20 heavy (non-hydrogen) atoms. The maximum absolute atomic E-state index is 11.5. The molecule has 10 heteroatoms. The standard InChI is InChI=1S/C10H13BrClNO5S2/c1-19(14,15)4-2-3-18-10-8(12)5-7(11)6-9(10)20(13,16)17/h5-6H,2-4H2,1H3,(H2,13,16,17). The topological polar surface area (TPSA) is 104 Å². The number of sulfonamides is 1. The molecule has 0 aliphatic rings. The van der Waals surface area contributed by atoms with Crippen LogP contribution in [0.25, 0.3) is 0 Å². The summed E-state index contributed by atoms with van der Waals surface area (Å²) in [5, 5.41) is 5.16. The Bertz CT molecular complexity index is 703. The number of halogens is 2. The van der Waals surface area contributed by atoms with Crippen molar-refractivity contribution in [3.05, 3.63) is 21.6 Å². The number of ether oxygens (including phenoxy) is 1. The Morgan fingerprint density at radius 1 is 1.30 bits per heavy atom. The molecule has 0 saturated carbocycles. The van der Waals surface area contributed by atoms with E-state index in [9.17, 15) is 16.8 Å². The molecule has 0 atom stereocenters. The summed E-state index contributed by atoms with van der Waals surface area (Å²) in [5.74, 6) is -0.142. The second kappa shape index (κ2) is 6.61. The zero-order valence-electron chi connectivity index (χ0n) is 10.5. The fraction of sp³-hybridized carbons (Fsp3) is 0.400. The predicted octanol–water partition coefficient (Wildman–Crippen LogP) is 1.56. The van der Waals surface area contributed by atoms with Crippen molar-refractivity contribution in [3.63, 3.8) is 0 Å². The van der Waals surface area contributed by atoms with Crippen LogP contribution >= 0.6 is 27.5 Å². The first-order valence-electron chi connectivity index (χ1n) is 5.33. The fourth-order valence-electron chi connectivity index (χ4n) is 1.38. The van der Waals surface area contributed by atoms with Crippen molar-refractivity contribution >= 4 is 47.4 Å². The first-order valence-corrected chi connectivity index (χ1v) is 10.1. The minimum atomic E-state index is -4.00. The van der Waals surface area contributed by atoms with Crippen LogP contribution in [0.15, 0.2) is 21.5 Å². The van der Waals surface area contributed by atoms with Crippen LogP contribution in [0.1, 0.15) is 6.42 Å². The van der Waals surface area contributed by atoms with Crippen LogP contribution in [0.3, 0.4) is 0 Å². The summed E-state index contributed by atoms with van der Waals surface area (Å²) in [6.45, 7) is 0.0109. The number of rotatable bonds is 6. The largest absolute Gasteiger partial charge is 0.491 e. The predicted molar refractivity (Wildman–Crippen MR) is 80.3 cm³/mol. The van der Waals surface area contributed by atoms with Gasteiger partial charge in [-0.2, -0.15) is 0 Å². The minimum absolute atomic E-state index is 0.0109. The molecule has 1 aromatic rings. The maximum Gasteiger partial charge on any atom is 0.241 e. The van der Waals surface area contributed by atoms with Gasteiger partial charge in [-0.1, -0.05) is 27.5 Å². The zero-order valence-corrected chi connectivity index (χ0v) is 14.4. The van der Waals surface area contributed by atoms with Gasteiger partial charge in [0.1, 0.15) is 14.7 Å². The molecule has 0 spiro atoms. The fourth-order valence-corrected chi connectivity index (χ4v) is 3.82. The van der Waals surface area contributed by atoms with Gasteiger partial charge in [0.05, 0.1) is 17.4 Å². The van der Waals surface area contributed by atoms with E-state index >= 15 is 0 Å². The number of hydrogen-bond acceptors (Lipinski definition) is 5. The van der Waals surface area contributed by atoms with Crippen molar-refractivity contribution in [2.45, 2.75) is 11.3 Å². The van der Waals surface area contributed by atoms with Gasteiger partial charge in [0.2, 0.25) is 10.0 Å². The van der Waals surface area contributed by atoms with Crippen LogP contribution in [0.2, 0.25) is 5.02 Å². The lowest BCUT2D eigenvalue weighted by atomic mass is 10.3. The van der Waals surface area contributed by atoms with Crippen LogP contribution in [0, 0.1) is 0 Å². The lowest BCUT2D eigenvalue weighted by molar-refractivity contribution is 0.309. The molecule has 0 fully saturated rings. The van der Waals surface area contributed by atoms with E-state index in [0.717, 1.165) is 6.26 Å². The number of sulfone groups is 1. The summed E-state index contributed by atoms with van der Waals surface area (Å²) in [7, 11) is -7.10. The maximum atomic E-state index is 11.5. The second-order valence-electron chi connectivity index (χ2n) is 4.09. The summed E-state index contributed by atoms with van der Waals surface area (Å²) < 4.78 is 50.6. The normalized spacial score (nSPS) is 12.4. The third-order valence-corrected chi connectivity index (χ3v) is 4.87. The van der Waals surface area contributed by atoms with Crippen molar-refractivity contribution in [2.24, 2.45) is 5.14 Å². The van der Waals surface area contributed by atoms with Gasteiger partial charge in [-0.05, 0) is 18.6 Å². The molecule has 0 unspecified atom stereocenters. The molecule has 0 aliphatic carbocycles. The van der Waals surface area contributed by atoms with Crippen LogP contribution in [0.5, 0.6) is 5.75 Å². The Balaban J connectivity index is 2.95. The third kappa shape index (κ3) is 5.57. The van der Waals surface area contributed by atoms with E-state index in [1.807, 2.05) is 0 Å². The van der Waals surface area contributed by atoms with E-state index < -0.39 is 19.9 Å². The lowest BCUT2D eigenvalue weighted by Gasteiger charge is -2.12. The van der Waals surface area contributed by atoms with Gasteiger partial charge in [-0.3, -0.25) is 0 Å². The van der Waals surface area contributed by atoms with E-state index in [0.29, 0.717) is 4.47 Å². The molecule has 0 aliphatic heterocycles. The molecule has 1 aromatic carbocycles. The monoisotopic (exact) mass is 405 g/mol. The average Bonchev–Trinajstić information content (AvgIpc) is 2.23. The number of benzene rings is 1. The number of nitrogens with two attached hydrogens (primary N) is 1. The molecular weight excluding hydrogens is 394 g/mol. The Labute approximate surface area is 131 Å². The summed E-state index contributed by atoms with van der Waals surface area (Å²) >= 11 is 9.02. The highest BCUT2D eigenvalue weighted by Crippen LogP contribution is 2.35. The highest BCUT2D eigenvalue weighted by Gasteiger charge is 2.19. The van der Waals surface area contributed by atoms with Gasteiger partial charge >= 0.3 is 0 Å². The van der Waals surface area contributed by atoms with Crippen LogP contribution in [-0.4, -0.2) is 35.5 Å². The minimum Gasteiger partial charge on any atom is -0.491 e. The average molecular weight is 407 g/mol. The molecule has 0 heterocycles. The van der Waals surface area contributed by atoms with Gasteiger partial charge in [0.25, 0.3) is 0 Å². The van der Waals surface area contributed by atoms with Gasteiger partial charge < -0.3 is 4.74 Å². The van der Waals surface area contributed by atoms with Crippen LogP contribution in [0.4, 0.5) is 0 Å². The van der Waals surface area contributed by atoms with Crippen molar-refractivity contribution in [1.29, 1.82) is 0 Å². The number of primary sulfonamides is 1. The first kappa shape index (κ1) is 17.7. The summed E-state index contributed by atoms with van der Waals surface area (Å²) in [6, 6.07) is 2.73. The molecule has 0 amide bonds. The Hall–Kier alpha value is -0.350. The molecule has 2 N–H and O–H groups in total.